The maximum absolute atomic E-state index is 12.9. The van der Waals surface area contributed by atoms with Crippen LogP contribution in [0.3, 0.4) is 0 Å². The molecule has 0 radical (unpaired) electrons. The van der Waals surface area contributed by atoms with Gasteiger partial charge in [-0.05, 0) is 41.3 Å². The molecule has 2 aromatic rings. The molecule has 1 aliphatic rings. The Bertz CT molecular complexity index is 604. The molecule has 2 nitrogen and oxygen atoms in total. The monoisotopic (exact) mass is 241 g/mol. The van der Waals surface area contributed by atoms with Crippen LogP contribution in [0.15, 0.2) is 42.5 Å². The number of fused-ring (bicyclic) bond motifs is 1. The first-order valence-electron chi connectivity index (χ1n) is 5.91. The van der Waals surface area contributed by atoms with Gasteiger partial charge in [0.1, 0.15) is 5.82 Å². The molecule has 0 aromatic heterocycles. The summed E-state index contributed by atoms with van der Waals surface area (Å²) in [6, 6.07) is 12.1. The lowest BCUT2D eigenvalue weighted by molar-refractivity contribution is 0.0946. The van der Waals surface area contributed by atoms with Crippen molar-refractivity contribution in [3.8, 4) is 11.1 Å². The van der Waals surface area contributed by atoms with Crippen LogP contribution >= 0.6 is 0 Å². The zero-order valence-electron chi connectivity index (χ0n) is 9.74. The molecule has 0 atom stereocenters. The Morgan fingerprint density at radius 3 is 2.50 bits per heavy atom. The summed E-state index contributed by atoms with van der Waals surface area (Å²) in [7, 11) is 0. The Labute approximate surface area is 104 Å². The standard InChI is InChI=1S/C15H12FNO/c16-13-5-3-10(4-6-13)12-2-1-11-7-8-17-15(18)14(11)9-12/h1-6,9H,7-8H2,(H,17,18). The van der Waals surface area contributed by atoms with Crippen molar-refractivity contribution in [1.82, 2.24) is 5.32 Å². The largest absolute Gasteiger partial charge is 0.352 e. The highest BCUT2D eigenvalue weighted by molar-refractivity contribution is 5.97. The molecule has 18 heavy (non-hydrogen) atoms. The van der Waals surface area contributed by atoms with E-state index in [9.17, 15) is 9.18 Å². The molecular weight excluding hydrogens is 229 g/mol. The van der Waals surface area contributed by atoms with E-state index in [1.807, 2.05) is 18.2 Å². The van der Waals surface area contributed by atoms with Crippen LogP contribution in [-0.2, 0) is 6.42 Å². The zero-order chi connectivity index (χ0) is 12.5. The van der Waals surface area contributed by atoms with Crippen molar-refractivity contribution in [2.24, 2.45) is 0 Å². The zero-order valence-corrected chi connectivity index (χ0v) is 9.74. The molecule has 1 heterocycles. The summed E-state index contributed by atoms with van der Waals surface area (Å²) < 4.78 is 12.9. The SMILES string of the molecule is O=C1NCCc2ccc(-c3ccc(F)cc3)cc21. The summed E-state index contributed by atoms with van der Waals surface area (Å²) in [5.74, 6) is -0.283. The molecule has 90 valence electrons. The van der Waals surface area contributed by atoms with Crippen molar-refractivity contribution in [2.45, 2.75) is 6.42 Å². The van der Waals surface area contributed by atoms with Crippen LogP contribution in [0.4, 0.5) is 4.39 Å². The van der Waals surface area contributed by atoms with Crippen molar-refractivity contribution in [3.05, 3.63) is 59.4 Å². The van der Waals surface area contributed by atoms with Crippen molar-refractivity contribution in [1.29, 1.82) is 0 Å². The first-order valence-corrected chi connectivity index (χ1v) is 5.91. The molecule has 1 N–H and O–H groups in total. The number of amides is 1. The van der Waals surface area contributed by atoms with Crippen LogP contribution in [0.1, 0.15) is 15.9 Å². The summed E-state index contributed by atoms with van der Waals surface area (Å²) >= 11 is 0. The number of rotatable bonds is 1. The van der Waals surface area contributed by atoms with Gasteiger partial charge < -0.3 is 5.32 Å². The van der Waals surface area contributed by atoms with Gasteiger partial charge in [0.05, 0.1) is 0 Å². The quantitative estimate of drug-likeness (QED) is 0.817. The van der Waals surface area contributed by atoms with Crippen LogP contribution < -0.4 is 5.32 Å². The van der Waals surface area contributed by atoms with E-state index in [4.69, 9.17) is 0 Å². The van der Waals surface area contributed by atoms with Crippen molar-refractivity contribution < 1.29 is 9.18 Å². The van der Waals surface area contributed by atoms with Gasteiger partial charge in [-0.15, -0.1) is 0 Å². The molecule has 1 amide bonds. The minimum Gasteiger partial charge on any atom is -0.352 e. The lowest BCUT2D eigenvalue weighted by Crippen LogP contribution is -2.31. The maximum atomic E-state index is 12.9. The summed E-state index contributed by atoms with van der Waals surface area (Å²) in [6.45, 7) is 0.696. The molecule has 0 spiro atoms. The van der Waals surface area contributed by atoms with Crippen LogP contribution in [0.2, 0.25) is 0 Å². The number of halogens is 1. The van der Waals surface area contributed by atoms with Gasteiger partial charge in [0.25, 0.3) is 5.91 Å². The van der Waals surface area contributed by atoms with E-state index in [0.717, 1.165) is 28.7 Å². The van der Waals surface area contributed by atoms with Crippen LogP contribution in [0.5, 0.6) is 0 Å². The van der Waals surface area contributed by atoms with E-state index in [1.165, 1.54) is 12.1 Å². The number of benzene rings is 2. The van der Waals surface area contributed by atoms with E-state index < -0.39 is 0 Å². The molecule has 0 unspecified atom stereocenters. The minimum absolute atomic E-state index is 0.0276. The number of hydrogen-bond acceptors (Lipinski definition) is 1. The first kappa shape index (κ1) is 11.0. The van der Waals surface area contributed by atoms with E-state index in [0.29, 0.717) is 6.54 Å². The fourth-order valence-electron chi connectivity index (χ4n) is 2.23. The second-order valence-corrected chi connectivity index (χ2v) is 4.38. The lowest BCUT2D eigenvalue weighted by Gasteiger charge is -2.17. The van der Waals surface area contributed by atoms with Crippen molar-refractivity contribution in [2.75, 3.05) is 6.54 Å². The Morgan fingerprint density at radius 1 is 1.00 bits per heavy atom. The number of hydrogen-bond donors (Lipinski definition) is 1. The summed E-state index contributed by atoms with van der Waals surface area (Å²) in [5.41, 5.74) is 3.65. The van der Waals surface area contributed by atoms with E-state index >= 15 is 0 Å². The summed E-state index contributed by atoms with van der Waals surface area (Å²) in [5, 5.41) is 2.83. The van der Waals surface area contributed by atoms with Crippen molar-refractivity contribution >= 4 is 5.91 Å². The second-order valence-electron chi connectivity index (χ2n) is 4.38. The molecule has 3 rings (SSSR count). The second kappa shape index (κ2) is 4.26. The molecule has 0 aliphatic carbocycles. The lowest BCUT2D eigenvalue weighted by atomic mass is 9.95. The Morgan fingerprint density at radius 2 is 1.72 bits per heavy atom. The maximum Gasteiger partial charge on any atom is 0.251 e. The molecule has 3 heteroatoms. The van der Waals surface area contributed by atoms with E-state index in [2.05, 4.69) is 5.32 Å². The molecule has 0 saturated heterocycles. The Kier molecular flexibility index (Phi) is 2.59. The number of carbonyl (C=O) groups is 1. The number of carbonyl (C=O) groups excluding carboxylic acids is 1. The topological polar surface area (TPSA) is 29.1 Å². The highest BCUT2D eigenvalue weighted by Crippen LogP contribution is 2.24. The molecular formula is C15H12FNO. The van der Waals surface area contributed by atoms with Crippen LogP contribution in [-0.4, -0.2) is 12.5 Å². The average molecular weight is 241 g/mol. The predicted octanol–water partition coefficient (Wildman–Crippen LogP) is 2.78. The van der Waals surface area contributed by atoms with Gasteiger partial charge in [-0.2, -0.15) is 0 Å². The van der Waals surface area contributed by atoms with E-state index in [-0.39, 0.29) is 11.7 Å². The van der Waals surface area contributed by atoms with Gasteiger partial charge in [-0.1, -0.05) is 24.3 Å². The smallest absolute Gasteiger partial charge is 0.251 e. The van der Waals surface area contributed by atoms with Gasteiger partial charge in [-0.3, -0.25) is 4.79 Å². The Balaban J connectivity index is 2.06. The van der Waals surface area contributed by atoms with Crippen molar-refractivity contribution in [3.63, 3.8) is 0 Å². The van der Waals surface area contributed by atoms with Gasteiger partial charge in [-0.25, -0.2) is 4.39 Å². The van der Waals surface area contributed by atoms with Gasteiger partial charge in [0, 0.05) is 12.1 Å². The van der Waals surface area contributed by atoms with E-state index in [1.54, 1.807) is 12.1 Å². The third-order valence-corrected chi connectivity index (χ3v) is 3.21. The number of nitrogens with one attached hydrogen (secondary N) is 1. The van der Waals surface area contributed by atoms with Gasteiger partial charge >= 0.3 is 0 Å². The predicted molar refractivity (Wildman–Crippen MR) is 67.9 cm³/mol. The third kappa shape index (κ3) is 1.88. The fraction of sp³-hybridized carbons (Fsp3) is 0.133. The van der Waals surface area contributed by atoms with Crippen LogP contribution in [0.25, 0.3) is 11.1 Å². The highest BCUT2D eigenvalue weighted by Gasteiger charge is 2.16. The first-order chi connectivity index (χ1) is 8.74. The summed E-state index contributed by atoms with van der Waals surface area (Å²) in [4.78, 5) is 11.8. The molecule has 0 bridgehead atoms. The van der Waals surface area contributed by atoms with Crippen LogP contribution in [0, 0.1) is 5.82 Å². The summed E-state index contributed by atoms with van der Waals surface area (Å²) in [6.07, 6.45) is 0.866. The Hall–Kier alpha value is -2.16. The molecule has 0 fully saturated rings. The fourth-order valence-corrected chi connectivity index (χ4v) is 2.23. The molecule has 2 aromatic carbocycles. The molecule has 0 saturated carbocycles. The average Bonchev–Trinajstić information content (AvgIpc) is 2.40. The normalized spacial score (nSPS) is 13.9. The van der Waals surface area contributed by atoms with Gasteiger partial charge in [0.2, 0.25) is 0 Å². The molecule has 1 aliphatic heterocycles. The van der Waals surface area contributed by atoms with Gasteiger partial charge in [0.15, 0.2) is 0 Å². The highest BCUT2D eigenvalue weighted by atomic mass is 19.1. The third-order valence-electron chi connectivity index (χ3n) is 3.21. The minimum atomic E-state index is -0.255.